The first kappa shape index (κ1) is 16.2. The van der Waals surface area contributed by atoms with Gasteiger partial charge in [-0.15, -0.1) is 0 Å². The number of aromatic nitrogens is 4. The minimum absolute atomic E-state index is 0.00434. The summed E-state index contributed by atoms with van der Waals surface area (Å²) in [4.78, 5) is 22.8. The summed E-state index contributed by atoms with van der Waals surface area (Å²) in [5.41, 5.74) is 2.30. The number of methoxy groups -OCH3 is 1. The maximum absolute atomic E-state index is 12.8. The van der Waals surface area contributed by atoms with Crippen LogP contribution in [0.25, 0.3) is 0 Å². The fraction of sp³-hybridized carbons (Fsp3) is 0.500. The van der Waals surface area contributed by atoms with E-state index in [0.717, 1.165) is 17.8 Å². The van der Waals surface area contributed by atoms with Gasteiger partial charge in [-0.1, -0.05) is 0 Å². The van der Waals surface area contributed by atoms with Crippen molar-refractivity contribution in [3.8, 4) is 11.8 Å². The van der Waals surface area contributed by atoms with Gasteiger partial charge in [-0.2, -0.15) is 5.10 Å². The van der Waals surface area contributed by atoms with Gasteiger partial charge in [-0.05, 0) is 13.8 Å². The lowest BCUT2D eigenvalue weighted by Gasteiger charge is -2.17. The summed E-state index contributed by atoms with van der Waals surface area (Å²) in [5, 5.41) is 4.32. The Morgan fingerprint density at radius 2 is 1.96 bits per heavy atom. The number of carbonyl (C=O) groups excluding carboxylic acids is 1. The molecule has 8 nitrogen and oxygen atoms in total. The monoisotopic (exact) mass is 331 g/mol. The first-order chi connectivity index (χ1) is 11.5. The number of nitrogens with zero attached hydrogens (tertiary/aromatic N) is 5. The molecule has 1 saturated heterocycles. The molecule has 0 saturated carbocycles. The molecule has 3 rings (SSSR count). The number of carbonyl (C=O) groups is 1. The van der Waals surface area contributed by atoms with Crippen LogP contribution in [0, 0.1) is 13.8 Å². The molecule has 3 heterocycles. The van der Waals surface area contributed by atoms with E-state index in [0.29, 0.717) is 30.4 Å². The summed E-state index contributed by atoms with van der Waals surface area (Å²) in [7, 11) is 3.37. The quantitative estimate of drug-likeness (QED) is 0.835. The molecule has 0 N–H and O–H groups in total. The molecule has 128 valence electrons. The van der Waals surface area contributed by atoms with Crippen molar-refractivity contribution in [1.82, 2.24) is 24.6 Å². The second-order valence-corrected chi connectivity index (χ2v) is 5.82. The average Bonchev–Trinajstić information content (AvgIpc) is 3.13. The van der Waals surface area contributed by atoms with Crippen LogP contribution in [-0.4, -0.2) is 56.9 Å². The fourth-order valence-electron chi connectivity index (χ4n) is 2.94. The zero-order chi connectivity index (χ0) is 17.3. The minimum atomic E-state index is -0.128. The van der Waals surface area contributed by atoms with Crippen molar-refractivity contribution in [3.05, 3.63) is 29.3 Å². The van der Waals surface area contributed by atoms with Gasteiger partial charge in [0.1, 0.15) is 6.10 Å². The molecule has 0 radical (unpaired) electrons. The van der Waals surface area contributed by atoms with Crippen LogP contribution < -0.4 is 9.47 Å². The van der Waals surface area contributed by atoms with Crippen molar-refractivity contribution in [3.63, 3.8) is 0 Å². The molecule has 0 aromatic carbocycles. The highest BCUT2D eigenvalue weighted by atomic mass is 16.5. The van der Waals surface area contributed by atoms with Crippen LogP contribution >= 0.6 is 0 Å². The Bertz CT molecular complexity index is 758. The maximum Gasteiger partial charge on any atom is 0.278 e. The lowest BCUT2D eigenvalue weighted by atomic mass is 10.2. The van der Waals surface area contributed by atoms with Crippen LogP contribution in [0.3, 0.4) is 0 Å². The van der Waals surface area contributed by atoms with Gasteiger partial charge in [0, 0.05) is 38.1 Å². The summed E-state index contributed by atoms with van der Waals surface area (Å²) < 4.78 is 12.7. The van der Waals surface area contributed by atoms with Gasteiger partial charge in [-0.3, -0.25) is 9.48 Å². The predicted molar refractivity (Wildman–Crippen MR) is 86.2 cm³/mol. The Labute approximate surface area is 140 Å². The molecule has 0 spiro atoms. The molecule has 0 unspecified atom stereocenters. The van der Waals surface area contributed by atoms with Crippen LogP contribution in [0.15, 0.2) is 12.4 Å². The Kier molecular flexibility index (Phi) is 4.37. The third kappa shape index (κ3) is 2.91. The molecule has 8 heteroatoms. The molecule has 1 aliphatic heterocycles. The summed E-state index contributed by atoms with van der Waals surface area (Å²) in [6.45, 7) is 4.91. The summed E-state index contributed by atoms with van der Waals surface area (Å²) >= 11 is 0. The van der Waals surface area contributed by atoms with Gasteiger partial charge in [0.2, 0.25) is 0 Å². The SMILES string of the molecule is COc1nccnc1O[C@@H]1CCN(C(=O)c2c(C)nn(C)c2C)C1. The predicted octanol–water partition coefficient (Wildman–Crippen LogP) is 1.13. The fourth-order valence-corrected chi connectivity index (χ4v) is 2.94. The van der Waals surface area contributed by atoms with Crippen molar-refractivity contribution in [1.29, 1.82) is 0 Å². The van der Waals surface area contributed by atoms with Crippen molar-refractivity contribution in [2.24, 2.45) is 7.05 Å². The molecule has 0 aliphatic carbocycles. The van der Waals surface area contributed by atoms with Crippen LogP contribution in [0.2, 0.25) is 0 Å². The molecule has 2 aromatic heterocycles. The number of rotatable bonds is 4. The third-order valence-corrected chi connectivity index (χ3v) is 4.26. The van der Waals surface area contributed by atoms with Crippen LogP contribution in [0.4, 0.5) is 0 Å². The van der Waals surface area contributed by atoms with Crippen molar-refractivity contribution < 1.29 is 14.3 Å². The Balaban J connectivity index is 1.70. The molecule has 24 heavy (non-hydrogen) atoms. The molecule has 1 aliphatic rings. The number of aryl methyl sites for hydroxylation is 2. The highest BCUT2D eigenvalue weighted by molar-refractivity contribution is 5.96. The number of likely N-dealkylation sites (tertiary alicyclic amines) is 1. The smallest absolute Gasteiger partial charge is 0.278 e. The van der Waals surface area contributed by atoms with E-state index in [1.807, 2.05) is 20.9 Å². The first-order valence-corrected chi connectivity index (χ1v) is 7.82. The minimum Gasteiger partial charge on any atom is -0.477 e. The van der Waals surface area contributed by atoms with E-state index >= 15 is 0 Å². The van der Waals surface area contributed by atoms with Crippen LogP contribution in [-0.2, 0) is 7.05 Å². The Morgan fingerprint density at radius 1 is 1.25 bits per heavy atom. The highest BCUT2D eigenvalue weighted by Gasteiger charge is 2.31. The zero-order valence-corrected chi connectivity index (χ0v) is 14.3. The molecule has 2 aromatic rings. The van der Waals surface area contributed by atoms with E-state index in [1.165, 1.54) is 7.11 Å². The lowest BCUT2D eigenvalue weighted by Crippen LogP contribution is -2.31. The van der Waals surface area contributed by atoms with E-state index in [2.05, 4.69) is 15.1 Å². The van der Waals surface area contributed by atoms with E-state index in [9.17, 15) is 4.79 Å². The summed E-state index contributed by atoms with van der Waals surface area (Å²) in [6, 6.07) is 0. The Morgan fingerprint density at radius 3 is 2.58 bits per heavy atom. The van der Waals surface area contributed by atoms with Crippen molar-refractivity contribution in [2.75, 3.05) is 20.2 Å². The summed E-state index contributed by atoms with van der Waals surface area (Å²) in [5.74, 6) is 0.699. The number of ether oxygens (including phenoxy) is 2. The van der Waals surface area contributed by atoms with Crippen LogP contribution in [0.1, 0.15) is 28.2 Å². The van der Waals surface area contributed by atoms with Gasteiger partial charge in [0.15, 0.2) is 0 Å². The van der Waals surface area contributed by atoms with Gasteiger partial charge in [-0.25, -0.2) is 9.97 Å². The zero-order valence-electron chi connectivity index (χ0n) is 14.3. The largest absolute Gasteiger partial charge is 0.477 e. The van der Waals surface area contributed by atoms with Gasteiger partial charge >= 0.3 is 0 Å². The summed E-state index contributed by atoms with van der Waals surface area (Å²) in [6.07, 6.45) is 3.71. The topological polar surface area (TPSA) is 82.4 Å². The number of hydrogen-bond donors (Lipinski definition) is 0. The molecule has 1 fully saturated rings. The van der Waals surface area contributed by atoms with Gasteiger partial charge in [0.05, 0.1) is 24.9 Å². The van der Waals surface area contributed by atoms with Gasteiger partial charge < -0.3 is 14.4 Å². The third-order valence-electron chi connectivity index (χ3n) is 4.26. The molecule has 1 atom stereocenters. The molecule has 0 bridgehead atoms. The van der Waals surface area contributed by atoms with Gasteiger partial charge in [0.25, 0.3) is 17.7 Å². The first-order valence-electron chi connectivity index (χ1n) is 7.82. The number of hydrogen-bond acceptors (Lipinski definition) is 6. The van der Waals surface area contributed by atoms with E-state index in [4.69, 9.17) is 9.47 Å². The van der Waals surface area contributed by atoms with E-state index in [-0.39, 0.29) is 12.0 Å². The molecule has 1 amide bonds. The standard InChI is InChI=1S/C16H21N5O3/c1-10-13(11(2)20(3)19-10)16(22)21-8-5-12(9-21)24-15-14(23-4)17-6-7-18-15/h6-7,12H,5,8-9H2,1-4H3/t12-/m1/s1. The lowest BCUT2D eigenvalue weighted by molar-refractivity contribution is 0.0768. The van der Waals surface area contributed by atoms with E-state index in [1.54, 1.807) is 22.0 Å². The van der Waals surface area contributed by atoms with E-state index < -0.39 is 0 Å². The second-order valence-electron chi connectivity index (χ2n) is 5.82. The second kappa shape index (κ2) is 6.46. The van der Waals surface area contributed by atoms with Crippen molar-refractivity contribution >= 4 is 5.91 Å². The maximum atomic E-state index is 12.8. The molecular formula is C16H21N5O3. The normalized spacial score (nSPS) is 17.2. The average molecular weight is 331 g/mol. The molecular weight excluding hydrogens is 310 g/mol. The van der Waals surface area contributed by atoms with Crippen LogP contribution in [0.5, 0.6) is 11.8 Å². The Hall–Kier alpha value is -2.64. The number of amides is 1. The van der Waals surface area contributed by atoms with Crippen molar-refractivity contribution in [2.45, 2.75) is 26.4 Å². The highest BCUT2D eigenvalue weighted by Crippen LogP contribution is 2.25.